The van der Waals surface area contributed by atoms with Crippen LogP contribution < -0.4 is 0 Å². The summed E-state index contributed by atoms with van der Waals surface area (Å²) < 4.78 is 5.45. The van der Waals surface area contributed by atoms with Gasteiger partial charge in [0, 0.05) is 49.8 Å². The number of carbonyl (C=O) groups is 2. The fourth-order valence-electron chi connectivity index (χ4n) is 3.37. The van der Waals surface area contributed by atoms with Crippen molar-refractivity contribution in [3.63, 3.8) is 0 Å². The summed E-state index contributed by atoms with van der Waals surface area (Å²) in [6.07, 6.45) is 0.993. The van der Waals surface area contributed by atoms with E-state index in [1.807, 2.05) is 25.7 Å². The smallest absolute Gasteiger partial charge is 0.410 e. The Hall–Kier alpha value is -0.970. The van der Waals surface area contributed by atoms with Crippen LogP contribution in [0.2, 0.25) is 0 Å². The van der Waals surface area contributed by atoms with Crippen molar-refractivity contribution in [3.8, 4) is 0 Å². The van der Waals surface area contributed by atoms with Crippen molar-refractivity contribution in [3.05, 3.63) is 0 Å². The lowest BCUT2D eigenvalue weighted by atomic mass is 9.83. The van der Waals surface area contributed by atoms with Gasteiger partial charge in [0.2, 0.25) is 5.91 Å². The number of likely N-dealkylation sites (tertiary alicyclic amines) is 2. The first kappa shape index (κ1) is 17.4. The second kappa shape index (κ2) is 6.26. The molecule has 126 valence electrons. The van der Waals surface area contributed by atoms with Crippen LogP contribution in [0.3, 0.4) is 0 Å². The highest BCUT2D eigenvalue weighted by molar-refractivity contribution is 6.17. The highest BCUT2D eigenvalue weighted by Gasteiger charge is 2.51. The number of hydrogen-bond donors (Lipinski definition) is 0. The van der Waals surface area contributed by atoms with Crippen molar-refractivity contribution >= 4 is 23.6 Å². The molecule has 0 saturated carbocycles. The SMILES string of the molecule is CC(C)(C)OC(=O)N1CC2CN(C(=O)CCCCl)CC2(C)C1. The Kier molecular flexibility index (Phi) is 4.95. The van der Waals surface area contributed by atoms with E-state index in [0.29, 0.717) is 31.3 Å². The molecule has 2 atom stereocenters. The lowest BCUT2D eigenvalue weighted by Crippen LogP contribution is -2.40. The number of fused-ring (bicyclic) bond motifs is 1. The number of rotatable bonds is 3. The minimum atomic E-state index is -0.473. The molecule has 6 heteroatoms. The van der Waals surface area contributed by atoms with Gasteiger partial charge in [0.05, 0.1) is 0 Å². The number of alkyl halides is 1. The lowest BCUT2D eigenvalue weighted by Gasteiger charge is -2.27. The van der Waals surface area contributed by atoms with E-state index in [2.05, 4.69) is 6.92 Å². The maximum absolute atomic E-state index is 12.2. The molecule has 5 nitrogen and oxygen atoms in total. The fourth-order valence-corrected chi connectivity index (χ4v) is 3.51. The average molecular weight is 331 g/mol. The first-order valence-corrected chi connectivity index (χ1v) is 8.50. The van der Waals surface area contributed by atoms with Crippen LogP contribution in [0.5, 0.6) is 0 Å². The molecule has 0 aliphatic carbocycles. The van der Waals surface area contributed by atoms with Gasteiger partial charge in [0.1, 0.15) is 5.60 Å². The number of carbonyl (C=O) groups excluding carboxylic acids is 2. The number of ether oxygens (including phenoxy) is 1. The molecular formula is C16H27ClN2O3. The summed E-state index contributed by atoms with van der Waals surface area (Å²) in [5.74, 6) is 1.03. The number of halogens is 1. The van der Waals surface area contributed by atoms with Crippen LogP contribution in [0.15, 0.2) is 0 Å². The van der Waals surface area contributed by atoms with E-state index in [4.69, 9.17) is 16.3 Å². The van der Waals surface area contributed by atoms with E-state index < -0.39 is 5.60 Å². The van der Waals surface area contributed by atoms with E-state index in [1.165, 1.54) is 0 Å². The van der Waals surface area contributed by atoms with Crippen LogP contribution in [-0.2, 0) is 9.53 Å². The molecule has 2 unspecified atom stereocenters. The Bertz CT molecular complexity index is 449. The summed E-state index contributed by atoms with van der Waals surface area (Å²) in [7, 11) is 0. The van der Waals surface area contributed by atoms with Crippen molar-refractivity contribution in [2.75, 3.05) is 32.1 Å². The van der Waals surface area contributed by atoms with E-state index in [9.17, 15) is 9.59 Å². The molecule has 2 amide bonds. The Morgan fingerprint density at radius 3 is 2.36 bits per heavy atom. The number of nitrogens with zero attached hydrogens (tertiary/aromatic N) is 2. The molecule has 0 aromatic heterocycles. The van der Waals surface area contributed by atoms with E-state index in [1.54, 1.807) is 4.90 Å². The zero-order valence-electron chi connectivity index (χ0n) is 14.0. The second-order valence-corrected chi connectivity index (χ2v) is 8.16. The quantitative estimate of drug-likeness (QED) is 0.748. The molecule has 0 spiro atoms. The third-order valence-corrected chi connectivity index (χ3v) is 4.77. The molecule has 2 heterocycles. The third kappa shape index (κ3) is 3.86. The third-order valence-electron chi connectivity index (χ3n) is 4.50. The molecule has 0 radical (unpaired) electrons. The predicted octanol–water partition coefficient (Wildman–Crippen LogP) is 2.72. The molecule has 2 rings (SSSR count). The topological polar surface area (TPSA) is 49.9 Å². The summed E-state index contributed by atoms with van der Waals surface area (Å²) in [5, 5.41) is 0. The highest BCUT2D eigenvalue weighted by Crippen LogP contribution is 2.42. The van der Waals surface area contributed by atoms with E-state index >= 15 is 0 Å². The van der Waals surface area contributed by atoms with Gasteiger partial charge in [0.15, 0.2) is 0 Å². The van der Waals surface area contributed by atoms with Crippen molar-refractivity contribution in [1.29, 1.82) is 0 Å². The summed E-state index contributed by atoms with van der Waals surface area (Å²) in [5.41, 5.74) is -0.493. The largest absolute Gasteiger partial charge is 0.444 e. The molecule has 2 saturated heterocycles. The van der Waals surface area contributed by atoms with Crippen LogP contribution in [-0.4, -0.2) is 59.5 Å². The molecule has 2 fully saturated rings. The molecule has 0 aromatic carbocycles. The molecule has 2 aliphatic heterocycles. The summed E-state index contributed by atoms with van der Waals surface area (Å²) in [6, 6.07) is 0. The van der Waals surface area contributed by atoms with Crippen LogP contribution in [0.4, 0.5) is 4.79 Å². The van der Waals surface area contributed by atoms with Gasteiger partial charge in [-0.15, -0.1) is 11.6 Å². The Labute approximate surface area is 137 Å². The maximum Gasteiger partial charge on any atom is 0.410 e. The van der Waals surface area contributed by atoms with Crippen molar-refractivity contribution in [1.82, 2.24) is 9.80 Å². The minimum absolute atomic E-state index is 0.0203. The standard InChI is InChI=1S/C16H27ClN2O3/c1-15(2,3)22-14(21)19-9-12-8-18(10-16(12,4)11-19)13(20)6-5-7-17/h12H,5-11H2,1-4H3. The highest BCUT2D eigenvalue weighted by atomic mass is 35.5. The van der Waals surface area contributed by atoms with Crippen molar-refractivity contribution < 1.29 is 14.3 Å². The Balaban J connectivity index is 1.92. The van der Waals surface area contributed by atoms with E-state index in [-0.39, 0.29) is 17.4 Å². The van der Waals surface area contributed by atoms with Crippen LogP contribution in [0, 0.1) is 11.3 Å². The lowest BCUT2D eigenvalue weighted by molar-refractivity contribution is -0.130. The van der Waals surface area contributed by atoms with Crippen LogP contribution in [0.1, 0.15) is 40.5 Å². The predicted molar refractivity (Wildman–Crippen MR) is 85.9 cm³/mol. The van der Waals surface area contributed by atoms with E-state index in [0.717, 1.165) is 19.5 Å². The van der Waals surface area contributed by atoms with Gasteiger partial charge in [-0.3, -0.25) is 4.79 Å². The first-order chi connectivity index (χ1) is 10.1. The zero-order chi connectivity index (χ0) is 16.5. The Morgan fingerprint density at radius 1 is 1.23 bits per heavy atom. The van der Waals surface area contributed by atoms with Crippen LogP contribution in [0.25, 0.3) is 0 Å². The van der Waals surface area contributed by atoms with Gasteiger partial charge >= 0.3 is 6.09 Å². The summed E-state index contributed by atoms with van der Waals surface area (Å²) >= 11 is 5.65. The molecular weight excluding hydrogens is 304 g/mol. The summed E-state index contributed by atoms with van der Waals surface area (Å²) in [6.45, 7) is 10.6. The van der Waals surface area contributed by atoms with Gasteiger partial charge in [-0.25, -0.2) is 4.79 Å². The second-order valence-electron chi connectivity index (χ2n) is 7.78. The molecule has 2 aliphatic rings. The molecule has 0 N–H and O–H groups in total. The van der Waals surface area contributed by atoms with Crippen LogP contribution >= 0.6 is 11.6 Å². The van der Waals surface area contributed by atoms with Crippen molar-refractivity contribution in [2.24, 2.45) is 11.3 Å². The summed E-state index contributed by atoms with van der Waals surface area (Å²) in [4.78, 5) is 28.1. The average Bonchev–Trinajstić information content (AvgIpc) is 2.85. The van der Waals surface area contributed by atoms with Gasteiger partial charge in [-0.2, -0.15) is 0 Å². The van der Waals surface area contributed by atoms with Gasteiger partial charge < -0.3 is 14.5 Å². The molecule has 0 bridgehead atoms. The normalized spacial score (nSPS) is 28.0. The fraction of sp³-hybridized carbons (Fsp3) is 0.875. The molecule has 0 aromatic rings. The number of amides is 2. The monoisotopic (exact) mass is 330 g/mol. The van der Waals surface area contributed by atoms with Crippen molar-refractivity contribution in [2.45, 2.75) is 46.1 Å². The van der Waals surface area contributed by atoms with Gasteiger partial charge in [-0.05, 0) is 27.2 Å². The Morgan fingerprint density at radius 2 is 1.82 bits per heavy atom. The van der Waals surface area contributed by atoms with Gasteiger partial charge in [0.25, 0.3) is 0 Å². The first-order valence-electron chi connectivity index (χ1n) is 7.96. The maximum atomic E-state index is 12.2. The minimum Gasteiger partial charge on any atom is -0.444 e. The zero-order valence-corrected chi connectivity index (χ0v) is 14.8. The van der Waals surface area contributed by atoms with Gasteiger partial charge in [-0.1, -0.05) is 6.92 Å². The number of hydrogen-bond acceptors (Lipinski definition) is 3. The molecule has 22 heavy (non-hydrogen) atoms.